The number of carbonyl (C=O) groups is 1. The van der Waals surface area contributed by atoms with E-state index in [-0.39, 0.29) is 6.42 Å². The van der Waals surface area contributed by atoms with E-state index in [1.54, 1.807) is 12.2 Å². The minimum atomic E-state index is -0.833. The van der Waals surface area contributed by atoms with Crippen molar-refractivity contribution in [1.82, 2.24) is 0 Å². The molecule has 0 saturated carbocycles. The van der Waals surface area contributed by atoms with Crippen LogP contribution in [0.15, 0.2) is 35.6 Å². The molecule has 1 aliphatic rings. The highest BCUT2D eigenvalue weighted by Crippen LogP contribution is 2.11. The second-order valence-corrected chi connectivity index (χ2v) is 2.66. The molecule has 0 saturated heterocycles. The molecule has 0 fully saturated rings. The summed E-state index contributed by atoms with van der Waals surface area (Å²) in [6.07, 6.45) is 7.95. The number of aliphatic carboxylic acids is 1. The minimum absolute atomic E-state index is 0.0328. The first kappa shape index (κ1) is 8.59. The quantitative estimate of drug-likeness (QED) is 0.646. The Morgan fingerprint density at radius 1 is 1.67 bits per heavy atom. The van der Waals surface area contributed by atoms with Gasteiger partial charge in [0.15, 0.2) is 0 Å². The van der Waals surface area contributed by atoms with Crippen molar-refractivity contribution in [2.24, 2.45) is 5.73 Å². The van der Waals surface area contributed by atoms with Gasteiger partial charge in [-0.05, 0) is 11.6 Å². The van der Waals surface area contributed by atoms with Crippen LogP contribution in [-0.4, -0.2) is 11.1 Å². The van der Waals surface area contributed by atoms with Crippen molar-refractivity contribution < 1.29 is 9.90 Å². The van der Waals surface area contributed by atoms with Gasteiger partial charge in [0.05, 0.1) is 6.42 Å². The lowest BCUT2D eigenvalue weighted by Gasteiger charge is -1.97. The van der Waals surface area contributed by atoms with Crippen LogP contribution in [0.3, 0.4) is 0 Å². The topological polar surface area (TPSA) is 63.3 Å². The zero-order valence-corrected chi connectivity index (χ0v) is 6.66. The average molecular weight is 165 g/mol. The van der Waals surface area contributed by atoms with Crippen molar-refractivity contribution in [2.45, 2.75) is 12.8 Å². The first-order valence-corrected chi connectivity index (χ1v) is 3.72. The third-order valence-corrected chi connectivity index (χ3v) is 1.53. The molecule has 3 N–H and O–H groups in total. The smallest absolute Gasteiger partial charge is 0.307 e. The summed E-state index contributed by atoms with van der Waals surface area (Å²) in [5.41, 5.74) is 7.03. The first-order valence-electron chi connectivity index (χ1n) is 3.72. The van der Waals surface area contributed by atoms with Gasteiger partial charge in [-0.25, -0.2) is 0 Å². The Morgan fingerprint density at radius 2 is 2.42 bits per heavy atom. The summed E-state index contributed by atoms with van der Waals surface area (Å²) in [6.45, 7) is 0. The second-order valence-electron chi connectivity index (χ2n) is 2.66. The van der Waals surface area contributed by atoms with E-state index in [2.05, 4.69) is 0 Å². The molecule has 0 radical (unpaired) electrons. The van der Waals surface area contributed by atoms with Crippen LogP contribution in [0, 0.1) is 0 Å². The van der Waals surface area contributed by atoms with E-state index in [9.17, 15) is 4.79 Å². The summed E-state index contributed by atoms with van der Waals surface area (Å²) in [7, 11) is 0. The highest BCUT2D eigenvalue weighted by molar-refractivity contribution is 5.71. The fourth-order valence-electron chi connectivity index (χ4n) is 1.03. The molecule has 0 amide bonds. The summed E-state index contributed by atoms with van der Waals surface area (Å²) >= 11 is 0. The molecule has 0 heterocycles. The largest absolute Gasteiger partial charge is 0.481 e. The first-order chi connectivity index (χ1) is 5.68. The molecule has 64 valence electrons. The van der Waals surface area contributed by atoms with Gasteiger partial charge < -0.3 is 10.8 Å². The van der Waals surface area contributed by atoms with E-state index in [4.69, 9.17) is 10.8 Å². The number of carboxylic acid groups (broad SMARTS) is 1. The van der Waals surface area contributed by atoms with Crippen LogP contribution < -0.4 is 5.73 Å². The van der Waals surface area contributed by atoms with Crippen LogP contribution >= 0.6 is 0 Å². The summed E-state index contributed by atoms with van der Waals surface area (Å²) < 4.78 is 0. The summed E-state index contributed by atoms with van der Waals surface area (Å²) in [5, 5.41) is 8.51. The number of allylic oxidation sites excluding steroid dienone is 4. The summed E-state index contributed by atoms with van der Waals surface area (Å²) in [6, 6.07) is 0. The van der Waals surface area contributed by atoms with Gasteiger partial charge in [-0.15, -0.1) is 0 Å². The Morgan fingerprint density at radius 3 is 3.08 bits per heavy atom. The van der Waals surface area contributed by atoms with Crippen LogP contribution in [0.25, 0.3) is 0 Å². The van der Waals surface area contributed by atoms with Crippen molar-refractivity contribution in [1.29, 1.82) is 0 Å². The Hall–Kier alpha value is -1.51. The number of hydrogen-bond acceptors (Lipinski definition) is 2. The monoisotopic (exact) mass is 165 g/mol. The molecule has 0 aliphatic heterocycles. The average Bonchev–Trinajstić information content (AvgIpc) is 2.12. The molecular weight excluding hydrogens is 154 g/mol. The number of hydrogen-bond donors (Lipinski definition) is 2. The Bertz CT molecular complexity index is 274. The molecule has 0 aromatic heterocycles. The van der Waals surface area contributed by atoms with Crippen molar-refractivity contribution in [2.75, 3.05) is 0 Å². The summed E-state index contributed by atoms with van der Waals surface area (Å²) in [4.78, 5) is 10.4. The normalized spacial score (nSPS) is 16.3. The molecule has 0 aromatic rings. The van der Waals surface area contributed by atoms with Gasteiger partial charge in [-0.3, -0.25) is 4.79 Å². The van der Waals surface area contributed by atoms with Crippen molar-refractivity contribution >= 4 is 5.97 Å². The highest BCUT2D eigenvalue weighted by atomic mass is 16.4. The van der Waals surface area contributed by atoms with Gasteiger partial charge in [0.2, 0.25) is 0 Å². The Balaban J connectivity index is 2.74. The molecule has 0 bridgehead atoms. The zero-order valence-electron chi connectivity index (χ0n) is 6.66. The Kier molecular flexibility index (Phi) is 2.69. The van der Waals surface area contributed by atoms with Gasteiger partial charge in [0.25, 0.3) is 0 Å². The van der Waals surface area contributed by atoms with E-state index in [0.717, 1.165) is 5.57 Å². The molecule has 3 heteroatoms. The molecule has 0 spiro atoms. The van der Waals surface area contributed by atoms with E-state index >= 15 is 0 Å². The molecule has 0 aromatic carbocycles. The molecule has 0 unspecified atom stereocenters. The molecule has 1 aliphatic carbocycles. The molecule has 3 nitrogen and oxygen atoms in total. The van der Waals surface area contributed by atoms with E-state index in [1.807, 2.05) is 12.2 Å². The molecule has 0 atom stereocenters. The lowest BCUT2D eigenvalue weighted by molar-refractivity contribution is -0.136. The van der Waals surface area contributed by atoms with Gasteiger partial charge in [-0.2, -0.15) is 0 Å². The molecule has 1 rings (SSSR count). The number of carboxylic acids is 1. The van der Waals surface area contributed by atoms with Gasteiger partial charge in [0, 0.05) is 12.1 Å². The lowest BCUT2D eigenvalue weighted by Crippen LogP contribution is -1.99. The standard InChI is InChI=1S/C9H11NO2/c10-8-4-2-1-3-7(5-8)6-9(11)12/h1-3,5H,4,6,10H2,(H,11,12). The predicted octanol–water partition coefficient (Wildman–Crippen LogP) is 1.19. The lowest BCUT2D eigenvalue weighted by atomic mass is 10.1. The van der Waals surface area contributed by atoms with E-state index in [1.165, 1.54) is 0 Å². The molecular formula is C9H11NO2. The van der Waals surface area contributed by atoms with Crippen LogP contribution in [0.1, 0.15) is 12.8 Å². The fraction of sp³-hybridized carbons (Fsp3) is 0.222. The van der Waals surface area contributed by atoms with Crippen LogP contribution in [-0.2, 0) is 4.79 Å². The van der Waals surface area contributed by atoms with E-state index in [0.29, 0.717) is 12.1 Å². The fourth-order valence-corrected chi connectivity index (χ4v) is 1.03. The second kappa shape index (κ2) is 3.76. The number of nitrogens with two attached hydrogens (primary N) is 1. The van der Waals surface area contributed by atoms with Crippen molar-refractivity contribution in [3.05, 3.63) is 35.6 Å². The maximum absolute atomic E-state index is 10.4. The third kappa shape index (κ3) is 2.62. The highest BCUT2D eigenvalue weighted by Gasteiger charge is 2.02. The summed E-state index contributed by atoms with van der Waals surface area (Å²) in [5.74, 6) is -0.833. The zero-order chi connectivity index (χ0) is 8.97. The van der Waals surface area contributed by atoms with Crippen LogP contribution in [0.4, 0.5) is 0 Å². The SMILES string of the molecule is NC1=CC(CC(=O)O)=CC=CC1. The van der Waals surface area contributed by atoms with Crippen LogP contribution in [0.5, 0.6) is 0 Å². The third-order valence-electron chi connectivity index (χ3n) is 1.53. The number of rotatable bonds is 2. The van der Waals surface area contributed by atoms with Crippen molar-refractivity contribution in [3.63, 3.8) is 0 Å². The van der Waals surface area contributed by atoms with Crippen molar-refractivity contribution in [3.8, 4) is 0 Å². The van der Waals surface area contributed by atoms with Gasteiger partial charge in [0.1, 0.15) is 0 Å². The van der Waals surface area contributed by atoms with Gasteiger partial charge in [-0.1, -0.05) is 18.2 Å². The van der Waals surface area contributed by atoms with Gasteiger partial charge >= 0.3 is 5.97 Å². The Labute approximate surface area is 70.9 Å². The van der Waals surface area contributed by atoms with Crippen LogP contribution in [0.2, 0.25) is 0 Å². The predicted molar refractivity (Wildman–Crippen MR) is 46.4 cm³/mol. The maximum Gasteiger partial charge on any atom is 0.307 e. The molecule has 12 heavy (non-hydrogen) atoms. The van der Waals surface area contributed by atoms with E-state index < -0.39 is 5.97 Å². The maximum atomic E-state index is 10.4. The minimum Gasteiger partial charge on any atom is -0.481 e.